The van der Waals surface area contributed by atoms with E-state index in [1.807, 2.05) is 13.8 Å². The van der Waals surface area contributed by atoms with Crippen molar-refractivity contribution in [1.82, 2.24) is 0 Å². The smallest absolute Gasteiger partial charge is 0.112 e. The minimum absolute atomic E-state index is 0.103. The number of rotatable bonds is 8. The van der Waals surface area contributed by atoms with Crippen LogP contribution in [0.2, 0.25) is 0 Å². The van der Waals surface area contributed by atoms with Gasteiger partial charge in [-0.05, 0) is 36.1 Å². The molecule has 2 aliphatic rings. The molecule has 2 fully saturated rings. The molecule has 0 N–H and O–H groups in total. The van der Waals surface area contributed by atoms with E-state index in [0.29, 0.717) is 0 Å². The summed E-state index contributed by atoms with van der Waals surface area (Å²) in [4.78, 5) is 0. The fourth-order valence-electron chi connectivity index (χ4n) is 3.54. The maximum absolute atomic E-state index is 6.73. The van der Waals surface area contributed by atoms with Crippen LogP contribution in [0.15, 0.2) is 60.7 Å². The standard InChI is InChI=1S/C24H26O3/c1-3-9-17-11-5-7-13-19(17)23(21-15-25-21)27-24(22-16-26-22)20-14-8-6-12-18(20)10-4-2/h3-14,21-24H,15-16H2,1-2H3. The van der Waals surface area contributed by atoms with E-state index < -0.39 is 0 Å². The van der Waals surface area contributed by atoms with Gasteiger partial charge < -0.3 is 14.2 Å². The van der Waals surface area contributed by atoms with Crippen molar-refractivity contribution in [3.63, 3.8) is 0 Å². The first kappa shape index (κ1) is 18.2. The predicted molar refractivity (Wildman–Crippen MR) is 108 cm³/mol. The van der Waals surface area contributed by atoms with Crippen LogP contribution in [0.4, 0.5) is 0 Å². The van der Waals surface area contributed by atoms with Crippen molar-refractivity contribution in [1.29, 1.82) is 0 Å². The van der Waals surface area contributed by atoms with E-state index in [2.05, 4.69) is 72.8 Å². The summed E-state index contributed by atoms with van der Waals surface area (Å²) in [6, 6.07) is 16.8. The van der Waals surface area contributed by atoms with Crippen molar-refractivity contribution < 1.29 is 14.2 Å². The van der Waals surface area contributed by atoms with Gasteiger partial charge in [-0.1, -0.05) is 72.8 Å². The van der Waals surface area contributed by atoms with Crippen LogP contribution in [0.5, 0.6) is 0 Å². The lowest BCUT2D eigenvalue weighted by Gasteiger charge is -2.26. The average molecular weight is 362 g/mol. The molecule has 3 nitrogen and oxygen atoms in total. The molecule has 3 heteroatoms. The highest BCUT2D eigenvalue weighted by atomic mass is 16.6. The zero-order chi connectivity index (χ0) is 18.6. The van der Waals surface area contributed by atoms with Crippen molar-refractivity contribution >= 4 is 12.2 Å². The van der Waals surface area contributed by atoms with E-state index >= 15 is 0 Å². The monoisotopic (exact) mass is 362 g/mol. The molecule has 0 saturated carbocycles. The summed E-state index contributed by atoms with van der Waals surface area (Å²) in [5.74, 6) is 0. The van der Waals surface area contributed by atoms with Gasteiger partial charge in [0.2, 0.25) is 0 Å². The number of hydrogen-bond acceptors (Lipinski definition) is 3. The maximum Gasteiger partial charge on any atom is 0.112 e. The van der Waals surface area contributed by atoms with Gasteiger partial charge in [0.05, 0.1) is 13.2 Å². The van der Waals surface area contributed by atoms with E-state index in [1.165, 1.54) is 22.3 Å². The van der Waals surface area contributed by atoms with Crippen molar-refractivity contribution in [2.75, 3.05) is 13.2 Å². The number of hydrogen-bond donors (Lipinski definition) is 0. The molecule has 2 heterocycles. The van der Waals surface area contributed by atoms with Gasteiger partial charge >= 0.3 is 0 Å². The molecule has 4 rings (SSSR count). The molecule has 2 aromatic carbocycles. The van der Waals surface area contributed by atoms with Crippen molar-refractivity contribution in [2.24, 2.45) is 0 Å². The first-order valence-corrected chi connectivity index (χ1v) is 9.63. The fourth-order valence-corrected chi connectivity index (χ4v) is 3.54. The van der Waals surface area contributed by atoms with Gasteiger partial charge in [-0.3, -0.25) is 0 Å². The number of ether oxygens (including phenoxy) is 3. The SMILES string of the molecule is CC=Cc1ccccc1C(OC(c1ccccc1C=CC)C1CO1)C1CO1. The van der Waals surface area contributed by atoms with Crippen LogP contribution in [0.1, 0.15) is 48.3 Å². The lowest BCUT2D eigenvalue weighted by molar-refractivity contribution is -0.0420. The summed E-state index contributed by atoms with van der Waals surface area (Å²) in [5.41, 5.74) is 4.70. The predicted octanol–water partition coefficient (Wildman–Crippen LogP) is 5.35. The van der Waals surface area contributed by atoms with Crippen LogP contribution in [-0.4, -0.2) is 25.4 Å². The highest BCUT2D eigenvalue weighted by Gasteiger charge is 2.43. The first-order chi connectivity index (χ1) is 13.3. The second kappa shape index (κ2) is 8.22. The quantitative estimate of drug-likeness (QED) is 0.594. The van der Waals surface area contributed by atoms with Gasteiger partial charge in [-0.15, -0.1) is 0 Å². The Balaban J connectivity index is 1.68. The second-order valence-electron chi connectivity index (χ2n) is 6.98. The van der Waals surface area contributed by atoms with Crippen molar-refractivity contribution in [3.05, 3.63) is 82.9 Å². The van der Waals surface area contributed by atoms with E-state index in [4.69, 9.17) is 14.2 Å². The molecule has 2 aromatic rings. The van der Waals surface area contributed by atoms with Gasteiger partial charge in [0.15, 0.2) is 0 Å². The van der Waals surface area contributed by atoms with Crippen LogP contribution in [0, 0.1) is 0 Å². The van der Waals surface area contributed by atoms with E-state index in [0.717, 1.165) is 13.2 Å². The molecule has 0 amide bonds. The first-order valence-electron chi connectivity index (χ1n) is 9.63. The van der Waals surface area contributed by atoms with E-state index in [9.17, 15) is 0 Å². The zero-order valence-electron chi connectivity index (χ0n) is 15.9. The highest BCUT2D eigenvalue weighted by Crippen LogP contribution is 2.42. The fraction of sp³-hybridized carbons (Fsp3) is 0.333. The Labute approximate surface area is 161 Å². The lowest BCUT2D eigenvalue weighted by Crippen LogP contribution is -2.20. The minimum atomic E-state index is -0.106. The van der Waals surface area contributed by atoms with E-state index in [1.54, 1.807) is 0 Å². The molecule has 0 radical (unpaired) electrons. The van der Waals surface area contributed by atoms with Gasteiger partial charge in [-0.25, -0.2) is 0 Å². The average Bonchev–Trinajstić information content (AvgIpc) is 3.58. The molecule has 4 unspecified atom stereocenters. The number of epoxide rings is 2. The lowest BCUT2D eigenvalue weighted by atomic mass is 9.97. The summed E-state index contributed by atoms with van der Waals surface area (Å²) >= 11 is 0. The van der Waals surface area contributed by atoms with Crippen LogP contribution in [-0.2, 0) is 14.2 Å². The van der Waals surface area contributed by atoms with Crippen LogP contribution >= 0.6 is 0 Å². The molecular weight excluding hydrogens is 336 g/mol. The molecule has 0 spiro atoms. The number of allylic oxidation sites excluding steroid dienone is 2. The molecule has 0 bridgehead atoms. The summed E-state index contributed by atoms with van der Waals surface area (Å²) in [6.45, 7) is 5.55. The zero-order valence-corrected chi connectivity index (χ0v) is 15.9. The topological polar surface area (TPSA) is 34.3 Å². The van der Waals surface area contributed by atoms with Gasteiger partial charge in [0.1, 0.15) is 24.4 Å². The summed E-state index contributed by atoms with van der Waals surface area (Å²) in [7, 11) is 0. The molecule has 27 heavy (non-hydrogen) atoms. The van der Waals surface area contributed by atoms with E-state index in [-0.39, 0.29) is 24.4 Å². The van der Waals surface area contributed by atoms with Gasteiger partial charge in [0.25, 0.3) is 0 Å². The minimum Gasteiger partial charge on any atom is -0.370 e. The van der Waals surface area contributed by atoms with Gasteiger partial charge in [-0.2, -0.15) is 0 Å². The molecule has 0 aromatic heterocycles. The van der Waals surface area contributed by atoms with Crippen LogP contribution in [0.25, 0.3) is 12.2 Å². The Morgan fingerprint density at radius 3 is 1.56 bits per heavy atom. The molecule has 4 atom stereocenters. The largest absolute Gasteiger partial charge is 0.370 e. The molecule has 2 saturated heterocycles. The van der Waals surface area contributed by atoms with Gasteiger partial charge in [0, 0.05) is 0 Å². The third-order valence-electron chi connectivity index (χ3n) is 4.98. The molecule has 0 aliphatic carbocycles. The maximum atomic E-state index is 6.73. The molecular formula is C24H26O3. The van der Waals surface area contributed by atoms with Crippen LogP contribution < -0.4 is 0 Å². The normalized spacial score (nSPS) is 23.6. The Morgan fingerprint density at radius 2 is 1.19 bits per heavy atom. The summed E-state index contributed by atoms with van der Waals surface area (Å²) in [5, 5.41) is 0. The second-order valence-corrected chi connectivity index (χ2v) is 6.98. The Kier molecular flexibility index (Phi) is 5.53. The molecule has 140 valence electrons. The van der Waals surface area contributed by atoms with Crippen molar-refractivity contribution in [2.45, 2.75) is 38.3 Å². The Morgan fingerprint density at radius 1 is 0.778 bits per heavy atom. The Hall–Kier alpha value is -2.20. The van der Waals surface area contributed by atoms with Crippen molar-refractivity contribution in [3.8, 4) is 0 Å². The third kappa shape index (κ3) is 4.22. The summed E-state index contributed by atoms with van der Waals surface area (Å²) < 4.78 is 18.1. The Bertz CT molecular complexity index is 762. The summed E-state index contributed by atoms with van der Waals surface area (Å²) in [6.07, 6.45) is 8.38. The third-order valence-corrected chi connectivity index (χ3v) is 4.98. The highest BCUT2D eigenvalue weighted by molar-refractivity contribution is 5.56. The van der Waals surface area contributed by atoms with Crippen LogP contribution in [0.3, 0.4) is 0 Å². The molecule has 2 aliphatic heterocycles. The number of benzene rings is 2.